The highest BCUT2D eigenvalue weighted by molar-refractivity contribution is 4.55. The summed E-state index contributed by atoms with van der Waals surface area (Å²) in [5.74, 6) is 0. The Morgan fingerprint density at radius 2 is 1.71 bits per heavy atom. The van der Waals surface area contributed by atoms with E-state index in [4.69, 9.17) is 0 Å². The summed E-state index contributed by atoms with van der Waals surface area (Å²) in [7, 11) is 0. The molecule has 0 atom stereocenters. The lowest BCUT2D eigenvalue weighted by atomic mass is 10.4. The van der Waals surface area contributed by atoms with Gasteiger partial charge in [-0.15, -0.1) is 4.48 Å². The van der Waals surface area contributed by atoms with Crippen molar-refractivity contribution in [3.63, 3.8) is 0 Å². The van der Waals surface area contributed by atoms with Crippen LogP contribution in [0.25, 0.3) is 0 Å². The average Bonchev–Trinajstić information content (AvgIpc) is 1.72. The third-order valence-corrected chi connectivity index (χ3v) is 0.527. The van der Waals surface area contributed by atoms with Crippen molar-refractivity contribution in [2.24, 2.45) is 0 Å². The molecule has 0 amide bonds. The summed E-state index contributed by atoms with van der Waals surface area (Å²) in [6.45, 7) is -2.01. The lowest BCUT2D eigenvalue weighted by Gasteiger charge is -1.99. The quantitative estimate of drug-likeness (QED) is 0.533. The van der Waals surface area contributed by atoms with Gasteiger partial charge in [0.15, 0.2) is 0 Å². The maximum absolute atomic E-state index is 11.1. The van der Waals surface area contributed by atoms with Crippen LogP contribution in [0.4, 0.5) is 13.3 Å². The third kappa shape index (κ3) is 2.45. The van der Waals surface area contributed by atoms with Gasteiger partial charge in [-0.25, -0.2) is 8.78 Å². The SMILES string of the molecule is FCC(CF)NF. The Bertz CT molecular complexity index is 31.7. The summed E-state index contributed by atoms with van der Waals surface area (Å²) >= 11 is 0. The van der Waals surface area contributed by atoms with Gasteiger partial charge in [-0.3, -0.25) is 0 Å². The van der Waals surface area contributed by atoms with Crippen molar-refractivity contribution in [3.05, 3.63) is 0 Å². The smallest absolute Gasteiger partial charge is 0.110 e. The van der Waals surface area contributed by atoms with E-state index < -0.39 is 19.4 Å². The van der Waals surface area contributed by atoms with Crippen molar-refractivity contribution < 1.29 is 13.3 Å². The van der Waals surface area contributed by atoms with Crippen molar-refractivity contribution in [3.8, 4) is 0 Å². The number of hydrogen-bond acceptors (Lipinski definition) is 1. The summed E-state index contributed by atoms with van der Waals surface area (Å²) in [5, 5.41) is 0. The molecule has 0 fully saturated rings. The Morgan fingerprint density at radius 1 is 1.29 bits per heavy atom. The number of halogens is 3. The predicted molar refractivity (Wildman–Crippen MR) is 20.0 cm³/mol. The first-order chi connectivity index (χ1) is 3.35. The molecule has 1 nitrogen and oxygen atoms in total. The largest absolute Gasteiger partial charge is 0.249 e. The van der Waals surface area contributed by atoms with Crippen LogP contribution < -0.4 is 5.54 Å². The molecule has 1 N–H and O–H groups in total. The van der Waals surface area contributed by atoms with Gasteiger partial charge >= 0.3 is 0 Å². The van der Waals surface area contributed by atoms with Gasteiger partial charge in [0, 0.05) is 0 Å². The summed E-state index contributed by atoms with van der Waals surface area (Å²) < 4.78 is 33.2. The Kier molecular flexibility index (Phi) is 3.78. The van der Waals surface area contributed by atoms with E-state index in [2.05, 4.69) is 0 Å². The predicted octanol–water partition coefficient (Wildman–Crippen LogP) is 0.768. The lowest BCUT2D eigenvalue weighted by Crippen LogP contribution is -2.25. The Hall–Kier alpha value is -0.250. The van der Waals surface area contributed by atoms with E-state index in [-0.39, 0.29) is 0 Å². The first kappa shape index (κ1) is 6.75. The fourth-order valence-electron chi connectivity index (χ4n) is 0.0996. The minimum absolute atomic E-state index is 0.951. The molecular weight excluding hydrogens is 107 g/mol. The van der Waals surface area contributed by atoms with Gasteiger partial charge in [-0.2, -0.15) is 5.54 Å². The summed E-state index contributed by atoms with van der Waals surface area (Å²) in [5.41, 5.74) is 0.951. The number of rotatable bonds is 3. The molecule has 7 heavy (non-hydrogen) atoms. The number of nitrogens with one attached hydrogen (secondary N) is 1. The second-order valence-electron chi connectivity index (χ2n) is 1.11. The Morgan fingerprint density at radius 3 is 1.71 bits per heavy atom. The van der Waals surface area contributed by atoms with Gasteiger partial charge in [0.05, 0.1) is 6.04 Å². The maximum Gasteiger partial charge on any atom is 0.110 e. The van der Waals surface area contributed by atoms with Crippen LogP contribution in [-0.2, 0) is 0 Å². The highest BCUT2D eigenvalue weighted by atomic mass is 19.2. The summed E-state index contributed by atoms with van der Waals surface area (Å²) in [4.78, 5) is 0. The van der Waals surface area contributed by atoms with E-state index >= 15 is 0 Å². The van der Waals surface area contributed by atoms with Crippen LogP contribution in [0.15, 0.2) is 0 Å². The lowest BCUT2D eigenvalue weighted by molar-refractivity contribution is 0.202. The molecule has 0 radical (unpaired) electrons. The molecule has 4 heteroatoms. The number of hydrogen-bond donors (Lipinski definition) is 1. The molecular formula is C3H6F3N. The molecule has 0 aromatic heterocycles. The first-order valence-electron chi connectivity index (χ1n) is 1.83. The van der Waals surface area contributed by atoms with Gasteiger partial charge < -0.3 is 0 Å². The van der Waals surface area contributed by atoms with E-state index in [1.807, 2.05) is 0 Å². The van der Waals surface area contributed by atoms with Crippen LogP contribution in [0.5, 0.6) is 0 Å². The third-order valence-electron chi connectivity index (χ3n) is 0.527. The van der Waals surface area contributed by atoms with Gasteiger partial charge in [0.2, 0.25) is 0 Å². The van der Waals surface area contributed by atoms with Crippen LogP contribution in [0.1, 0.15) is 0 Å². The van der Waals surface area contributed by atoms with Crippen LogP contribution in [-0.4, -0.2) is 19.4 Å². The molecule has 0 saturated heterocycles. The van der Waals surface area contributed by atoms with Crippen LogP contribution >= 0.6 is 0 Å². The van der Waals surface area contributed by atoms with Crippen LogP contribution in [0.2, 0.25) is 0 Å². The summed E-state index contributed by atoms with van der Waals surface area (Å²) in [6, 6.07) is -1.26. The minimum atomic E-state index is -1.26. The van der Waals surface area contributed by atoms with Crippen LogP contribution in [0.3, 0.4) is 0 Å². The zero-order chi connectivity index (χ0) is 5.70. The first-order valence-corrected chi connectivity index (χ1v) is 1.83. The molecule has 0 aromatic rings. The van der Waals surface area contributed by atoms with Crippen molar-refractivity contribution in [1.82, 2.24) is 5.54 Å². The fourth-order valence-corrected chi connectivity index (χ4v) is 0.0996. The number of alkyl halides is 2. The molecule has 0 bridgehead atoms. The molecule has 0 spiro atoms. The van der Waals surface area contributed by atoms with E-state index in [9.17, 15) is 13.3 Å². The second-order valence-corrected chi connectivity index (χ2v) is 1.11. The molecule has 0 unspecified atom stereocenters. The molecule has 0 aliphatic rings. The maximum atomic E-state index is 11.1. The van der Waals surface area contributed by atoms with E-state index in [1.165, 1.54) is 0 Å². The average molecular weight is 113 g/mol. The van der Waals surface area contributed by atoms with Crippen molar-refractivity contribution in [2.45, 2.75) is 6.04 Å². The molecule has 0 saturated carbocycles. The topological polar surface area (TPSA) is 12.0 Å². The molecule has 44 valence electrons. The molecule has 0 aromatic carbocycles. The highest BCUT2D eigenvalue weighted by Gasteiger charge is 2.03. The standard InChI is InChI=1S/C3H6F3N/c4-1-3(2-5)7-6/h3,7H,1-2H2. The second kappa shape index (κ2) is 3.92. The molecule has 0 aliphatic carbocycles. The van der Waals surface area contributed by atoms with Gasteiger partial charge in [0.1, 0.15) is 13.3 Å². The molecule has 0 heterocycles. The van der Waals surface area contributed by atoms with Gasteiger partial charge in [0.25, 0.3) is 0 Å². The van der Waals surface area contributed by atoms with E-state index in [0.717, 1.165) is 5.54 Å². The van der Waals surface area contributed by atoms with Gasteiger partial charge in [-0.05, 0) is 0 Å². The highest BCUT2D eigenvalue weighted by Crippen LogP contribution is 1.84. The van der Waals surface area contributed by atoms with Crippen LogP contribution in [0, 0.1) is 0 Å². The monoisotopic (exact) mass is 113 g/mol. The zero-order valence-corrected chi connectivity index (χ0v) is 3.63. The Balaban J connectivity index is 2.99. The van der Waals surface area contributed by atoms with Crippen molar-refractivity contribution in [1.29, 1.82) is 0 Å². The van der Waals surface area contributed by atoms with Crippen molar-refractivity contribution >= 4 is 0 Å². The van der Waals surface area contributed by atoms with E-state index in [0.29, 0.717) is 0 Å². The normalized spacial score (nSPS) is 10.3. The van der Waals surface area contributed by atoms with E-state index in [1.54, 1.807) is 0 Å². The van der Waals surface area contributed by atoms with Crippen molar-refractivity contribution in [2.75, 3.05) is 13.3 Å². The minimum Gasteiger partial charge on any atom is -0.249 e. The fraction of sp³-hybridized carbons (Fsp3) is 1.00. The summed E-state index contributed by atoms with van der Waals surface area (Å²) in [6.07, 6.45) is 0. The molecule has 0 rings (SSSR count). The van der Waals surface area contributed by atoms with Gasteiger partial charge in [-0.1, -0.05) is 0 Å². The Labute approximate surface area is 39.5 Å². The zero-order valence-electron chi connectivity index (χ0n) is 3.63. The molecule has 0 aliphatic heterocycles.